The Morgan fingerprint density at radius 3 is 1.93 bits per heavy atom. The Morgan fingerprint density at radius 2 is 1.37 bits per heavy atom. The van der Waals surface area contributed by atoms with Crippen molar-refractivity contribution in [3.63, 3.8) is 0 Å². The van der Waals surface area contributed by atoms with Crippen LogP contribution in [0.5, 0.6) is 0 Å². The average molecular weight is 364 g/mol. The lowest BCUT2D eigenvalue weighted by molar-refractivity contribution is 0.0531. The molecule has 1 aliphatic carbocycles. The van der Waals surface area contributed by atoms with Crippen LogP contribution in [0.2, 0.25) is 0 Å². The van der Waals surface area contributed by atoms with E-state index < -0.39 is 11.9 Å². The summed E-state index contributed by atoms with van der Waals surface area (Å²) < 4.78 is 14.8. The van der Waals surface area contributed by atoms with Gasteiger partial charge in [0.15, 0.2) is 11.6 Å². The molecule has 0 radical (unpaired) electrons. The van der Waals surface area contributed by atoms with E-state index in [1.54, 1.807) is 24.3 Å². The zero-order valence-corrected chi connectivity index (χ0v) is 14.3. The van der Waals surface area contributed by atoms with Crippen LogP contribution in [-0.2, 0) is 9.47 Å². The van der Waals surface area contributed by atoms with Gasteiger partial charge >= 0.3 is 11.9 Å². The number of carbonyl (C=O) groups is 4. The van der Waals surface area contributed by atoms with Crippen LogP contribution in [0.4, 0.5) is 0 Å². The highest BCUT2D eigenvalue weighted by Crippen LogP contribution is 2.34. The minimum atomic E-state index is -0.870. The number of ether oxygens (including phenoxy) is 2. The first-order chi connectivity index (χ1) is 13.0. The number of methoxy groups -OCH3 is 2. The number of furan rings is 1. The third kappa shape index (κ3) is 2.28. The number of rotatable bonds is 2. The number of esters is 2. The highest BCUT2D eigenvalue weighted by Gasteiger charge is 2.33. The maximum Gasteiger partial charge on any atom is 0.374 e. The largest absolute Gasteiger partial charge is 0.465 e. The van der Waals surface area contributed by atoms with Gasteiger partial charge in [-0.3, -0.25) is 9.59 Å². The van der Waals surface area contributed by atoms with Gasteiger partial charge in [0.1, 0.15) is 11.1 Å². The molecule has 0 atom stereocenters. The molecule has 0 aliphatic heterocycles. The predicted molar refractivity (Wildman–Crippen MR) is 92.2 cm³/mol. The summed E-state index contributed by atoms with van der Waals surface area (Å²) in [5.41, 5.74) is 0.811. The molecule has 0 bridgehead atoms. The summed E-state index contributed by atoms with van der Waals surface area (Å²) in [6.07, 6.45) is 0. The van der Waals surface area contributed by atoms with Crippen LogP contribution in [0.25, 0.3) is 11.0 Å². The van der Waals surface area contributed by atoms with Crippen LogP contribution in [0.1, 0.15) is 52.8 Å². The van der Waals surface area contributed by atoms with E-state index in [4.69, 9.17) is 9.15 Å². The van der Waals surface area contributed by atoms with Gasteiger partial charge < -0.3 is 13.9 Å². The topological polar surface area (TPSA) is 99.9 Å². The molecule has 1 heterocycles. The van der Waals surface area contributed by atoms with Crippen molar-refractivity contribution in [2.75, 3.05) is 14.2 Å². The van der Waals surface area contributed by atoms with Gasteiger partial charge in [-0.2, -0.15) is 0 Å². The van der Waals surface area contributed by atoms with Crippen molar-refractivity contribution in [2.45, 2.75) is 0 Å². The quantitative estimate of drug-likeness (QED) is 0.504. The molecule has 2 aromatic carbocycles. The number of fused-ring (bicyclic) bond motifs is 3. The zero-order valence-electron chi connectivity index (χ0n) is 14.3. The Kier molecular flexibility index (Phi) is 3.66. The van der Waals surface area contributed by atoms with Crippen LogP contribution < -0.4 is 0 Å². The Bertz CT molecular complexity index is 1170. The van der Waals surface area contributed by atoms with E-state index in [2.05, 4.69) is 4.74 Å². The van der Waals surface area contributed by atoms with Crippen molar-refractivity contribution < 1.29 is 33.1 Å². The minimum Gasteiger partial charge on any atom is -0.465 e. The van der Waals surface area contributed by atoms with Crippen molar-refractivity contribution >= 4 is 34.5 Å². The summed E-state index contributed by atoms with van der Waals surface area (Å²) in [6, 6.07) is 9.22. The monoisotopic (exact) mass is 364 g/mol. The van der Waals surface area contributed by atoms with Crippen molar-refractivity contribution in [3.05, 3.63) is 70.0 Å². The van der Waals surface area contributed by atoms with Crippen LogP contribution in [0.3, 0.4) is 0 Å². The van der Waals surface area contributed by atoms with E-state index in [0.717, 1.165) is 14.2 Å². The lowest BCUT2D eigenvalue weighted by Crippen LogP contribution is -2.20. The second-order valence-corrected chi connectivity index (χ2v) is 5.89. The number of hydrogen-bond donors (Lipinski definition) is 0. The highest BCUT2D eigenvalue weighted by molar-refractivity contribution is 6.30. The van der Waals surface area contributed by atoms with Gasteiger partial charge in [0.05, 0.1) is 14.2 Å². The highest BCUT2D eigenvalue weighted by atomic mass is 16.5. The molecule has 7 heteroatoms. The Hall–Kier alpha value is -3.74. The second kappa shape index (κ2) is 5.91. The molecular weight excluding hydrogens is 352 g/mol. The van der Waals surface area contributed by atoms with Gasteiger partial charge in [-0.25, -0.2) is 9.59 Å². The Morgan fingerprint density at radius 1 is 0.815 bits per heavy atom. The van der Waals surface area contributed by atoms with Crippen LogP contribution in [0.15, 0.2) is 40.8 Å². The maximum absolute atomic E-state index is 12.9. The average Bonchev–Trinajstić information content (AvgIpc) is 3.08. The van der Waals surface area contributed by atoms with E-state index in [1.165, 1.54) is 12.1 Å². The molecule has 0 spiro atoms. The number of hydrogen-bond acceptors (Lipinski definition) is 7. The number of ketones is 2. The fourth-order valence-electron chi connectivity index (χ4n) is 3.23. The summed E-state index contributed by atoms with van der Waals surface area (Å²) >= 11 is 0. The van der Waals surface area contributed by atoms with Crippen molar-refractivity contribution in [1.82, 2.24) is 0 Å². The molecule has 3 aromatic rings. The molecule has 0 N–H and O–H groups in total. The fourth-order valence-corrected chi connectivity index (χ4v) is 3.23. The van der Waals surface area contributed by atoms with E-state index in [9.17, 15) is 19.2 Å². The Balaban J connectivity index is 2.04. The van der Waals surface area contributed by atoms with E-state index in [0.29, 0.717) is 5.56 Å². The number of benzene rings is 2. The van der Waals surface area contributed by atoms with Gasteiger partial charge in [-0.15, -0.1) is 0 Å². The van der Waals surface area contributed by atoms with Gasteiger partial charge in [0.25, 0.3) is 0 Å². The molecule has 4 rings (SSSR count). The summed E-state index contributed by atoms with van der Waals surface area (Å²) in [4.78, 5) is 49.8. The van der Waals surface area contributed by atoms with Gasteiger partial charge in [-0.05, 0) is 12.1 Å². The summed E-state index contributed by atoms with van der Waals surface area (Å²) in [5, 5.41) is 0.196. The first kappa shape index (κ1) is 16.7. The standard InChI is InChI=1S/C20H12O7/c1-25-19(23)15-13-7-11-12(8-14(13)27-18(15)20(24)26-2)17(22)10-6-4-3-5-9(10)16(11)21/h3-8H,1-2H3. The smallest absolute Gasteiger partial charge is 0.374 e. The molecule has 1 aliphatic rings. The summed E-state index contributed by atoms with van der Waals surface area (Å²) in [7, 11) is 2.30. The summed E-state index contributed by atoms with van der Waals surface area (Å²) in [5.74, 6) is -2.72. The lowest BCUT2D eigenvalue weighted by atomic mass is 9.83. The third-order valence-electron chi connectivity index (χ3n) is 4.49. The van der Waals surface area contributed by atoms with Crippen LogP contribution in [-0.4, -0.2) is 37.7 Å². The molecule has 27 heavy (non-hydrogen) atoms. The zero-order chi connectivity index (χ0) is 19.3. The predicted octanol–water partition coefficient (Wildman–Crippen LogP) is 2.78. The molecule has 0 fully saturated rings. The van der Waals surface area contributed by atoms with Gasteiger partial charge in [-0.1, -0.05) is 24.3 Å². The normalized spacial score (nSPS) is 12.5. The number of carbonyl (C=O) groups excluding carboxylic acids is 4. The molecule has 0 saturated carbocycles. The molecule has 7 nitrogen and oxygen atoms in total. The summed E-state index contributed by atoms with van der Waals surface area (Å²) in [6.45, 7) is 0. The molecular formula is C20H12O7. The van der Waals surface area contributed by atoms with Crippen molar-refractivity contribution in [2.24, 2.45) is 0 Å². The lowest BCUT2D eigenvalue weighted by Gasteiger charge is -2.17. The molecule has 0 saturated heterocycles. The van der Waals surface area contributed by atoms with Crippen molar-refractivity contribution in [1.29, 1.82) is 0 Å². The van der Waals surface area contributed by atoms with E-state index in [1.807, 2.05) is 0 Å². The van der Waals surface area contributed by atoms with E-state index >= 15 is 0 Å². The van der Waals surface area contributed by atoms with Gasteiger partial charge in [0, 0.05) is 27.6 Å². The molecule has 134 valence electrons. The van der Waals surface area contributed by atoms with E-state index in [-0.39, 0.29) is 50.5 Å². The molecule has 0 unspecified atom stereocenters. The first-order valence-corrected chi connectivity index (χ1v) is 7.93. The molecule has 1 aromatic heterocycles. The Labute approximate surface area is 152 Å². The second-order valence-electron chi connectivity index (χ2n) is 5.89. The van der Waals surface area contributed by atoms with Gasteiger partial charge in [0.2, 0.25) is 5.76 Å². The third-order valence-corrected chi connectivity index (χ3v) is 4.49. The first-order valence-electron chi connectivity index (χ1n) is 7.93. The van der Waals surface area contributed by atoms with Crippen LogP contribution in [0, 0.1) is 0 Å². The van der Waals surface area contributed by atoms with Crippen LogP contribution >= 0.6 is 0 Å². The van der Waals surface area contributed by atoms with Crippen molar-refractivity contribution in [3.8, 4) is 0 Å². The maximum atomic E-state index is 12.9. The minimum absolute atomic E-state index is 0.107. The fraction of sp³-hybridized carbons (Fsp3) is 0.100. The molecule has 0 amide bonds. The SMILES string of the molecule is COC(=O)c1oc2cc3c(cc2c1C(=O)OC)C(=O)c1ccccc1C3=O.